The molecule has 0 fully saturated rings. The van der Waals surface area contributed by atoms with Gasteiger partial charge in [-0.3, -0.25) is 19.0 Å². The van der Waals surface area contributed by atoms with Gasteiger partial charge >= 0.3 is 5.76 Å². The van der Waals surface area contributed by atoms with E-state index in [-0.39, 0.29) is 27.7 Å². The van der Waals surface area contributed by atoms with Crippen molar-refractivity contribution in [2.24, 2.45) is 0 Å². The number of aryl methyl sites for hydroxylation is 1. The van der Waals surface area contributed by atoms with E-state index in [0.717, 1.165) is 16.7 Å². The summed E-state index contributed by atoms with van der Waals surface area (Å²) < 4.78 is 13.0. The van der Waals surface area contributed by atoms with Crippen LogP contribution in [0.5, 0.6) is 0 Å². The SMILES string of the molecule is BC(B)(B)n1cc(-c2oc3c([C@@H](C)Nc4ccc(Cl)nc4-c4noc(=O)[nH]4)cc(C)cc3c(=O)c2C)cn1. The van der Waals surface area contributed by atoms with Crippen molar-refractivity contribution in [3.8, 4) is 22.8 Å². The monoisotopic (exact) mass is 528 g/mol. The molecule has 2 N–H and O–H groups in total. The van der Waals surface area contributed by atoms with Crippen LogP contribution in [0.15, 0.2) is 55.2 Å². The van der Waals surface area contributed by atoms with Crippen LogP contribution >= 0.6 is 11.6 Å². The normalized spacial score (nSPS) is 12.6. The van der Waals surface area contributed by atoms with Gasteiger partial charge in [0.25, 0.3) is 0 Å². The van der Waals surface area contributed by atoms with Crippen molar-refractivity contribution in [2.45, 2.75) is 32.1 Å². The van der Waals surface area contributed by atoms with E-state index in [2.05, 4.69) is 53.6 Å². The third-order valence-electron chi connectivity index (χ3n) is 6.29. The quantitative estimate of drug-likeness (QED) is 0.249. The zero-order valence-electron chi connectivity index (χ0n) is 21.8. The fourth-order valence-electron chi connectivity index (χ4n) is 4.35. The molecule has 0 saturated carbocycles. The number of rotatable bonds is 6. The minimum atomic E-state index is -0.704. The first-order valence-electron chi connectivity index (χ1n) is 12.1. The number of nitrogens with one attached hydrogen (secondary N) is 2. The molecule has 10 nitrogen and oxygen atoms in total. The van der Waals surface area contributed by atoms with Gasteiger partial charge in [-0.2, -0.15) is 5.10 Å². The highest BCUT2D eigenvalue weighted by Crippen LogP contribution is 2.34. The molecule has 190 valence electrons. The summed E-state index contributed by atoms with van der Waals surface area (Å²) in [6.07, 6.45) is 3.60. The number of anilines is 1. The number of fused-ring (bicyclic) bond motifs is 1. The molecular formula is C24H24B3ClN6O4. The average Bonchev–Trinajstić information content (AvgIpc) is 3.52. The second-order valence-electron chi connectivity index (χ2n) is 10.3. The molecule has 0 amide bonds. The molecule has 0 bridgehead atoms. The summed E-state index contributed by atoms with van der Waals surface area (Å²) in [7, 11) is 6.15. The smallest absolute Gasteiger partial charge is 0.439 e. The van der Waals surface area contributed by atoms with Gasteiger partial charge in [-0.1, -0.05) is 22.8 Å². The van der Waals surface area contributed by atoms with Crippen LogP contribution in [0.2, 0.25) is 5.15 Å². The zero-order chi connectivity index (χ0) is 27.4. The molecule has 0 aliphatic rings. The molecule has 0 radical (unpaired) electrons. The number of benzene rings is 1. The van der Waals surface area contributed by atoms with Crippen LogP contribution in [-0.2, 0) is 5.24 Å². The van der Waals surface area contributed by atoms with Crippen molar-refractivity contribution in [1.29, 1.82) is 0 Å². The Labute approximate surface area is 225 Å². The first kappa shape index (κ1) is 25.7. The third-order valence-corrected chi connectivity index (χ3v) is 6.50. The molecule has 5 aromatic rings. The van der Waals surface area contributed by atoms with Gasteiger partial charge in [-0.25, -0.2) is 9.78 Å². The molecule has 5 rings (SSSR count). The van der Waals surface area contributed by atoms with Crippen molar-refractivity contribution in [3.63, 3.8) is 0 Å². The second kappa shape index (κ2) is 9.39. The van der Waals surface area contributed by atoms with E-state index in [0.29, 0.717) is 33.7 Å². The van der Waals surface area contributed by atoms with Crippen LogP contribution in [-0.4, -0.2) is 48.4 Å². The molecule has 1 atom stereocenters. The van der Waals surface area contributed by atoms with Crippen molar-refractivity contribution in [1.82, 2.24) is 24.9 Å². The highest BCUT2D eigenvalue weighted by atomic mass is 35.5. The largest absolute Gasteiger partial charge is 0.455 e. The van der Waals surface area contributed by atoms with Crippen LogP contribution in [0.3, 0.4) is 0 Å². The molecule has 0 unspecified atom stereocenters. The first-order valence-corrected chi connectivity index (χ1v) is 12.4. The minimum Gasteiger partial charge on any atom is -0.455 e. The van der Waals surface area contributed by atoms with Crippen molar-refractivity contribution >= 4 is 51.8 Å². The number of halogens is 1. The zero-order valence-corrected chi connectivity index (χ0v) is 22.6. The summed E-state index contributed by atoms with van der Waals surface area (Å²) in [5.41, 5.74) is 4.18. The predicted molar refractivity (Wildman–Crippen MR) is 154 cm³/mol. The lowest BCUT2D eigenvalue weighted by Crippen LogP contribution is -2.35. The Kier molecular flexibility index (Phi) is 6.34. The van der Waals surface area contributed by atoms with Crippen LogP contribution < -0.4 is 16.5 Å². The van der Waals surface area contributed by atoms with E-state index in [1.165, 1.54) is 0 Å². The molecule has 0 aliphatic carbocycles. The lowest BCUT2D eigenvalue weighted by Gasteiger charge is -2.20. The molecule has 4 heterocycles. The Balaban J connectivity index is 1.63. The highest BCUT2D eigenvalue weighted by Gasteiger charge is 2.22. The molecule has 0 aliphatic heterocycles. The van der Waals surface area contributed by atoms with E-state index in [1.807, 2.05) is 36.9 Å². The Hall–Kier alpha value is -3.99. The topological polar surface area (TPSA) is 132 Å². The van der Waals surface area contributed by atoms with Crippen molar-refractivity contribution in [3.05, 3.63) is 79.3 Å². The number of H-pyrrole nitrogens is 1. The third kappa shape index (κ3) is 4.69. The molecule has 0 spiro atoms. The predicted octanol–water partition coefficient (Wildman–Crippen LogP) is 1.31. The van der Waals surface area contributed by atoms with Crippen LogP contribution in [0.1, 0.15) is 29.7 Å². The number of pyridine rings is 1. The van der Waals surface area contributed by atoms with Crippen LogP contribution in [0, 0.1) is 13.8 Å². The lowest BCUT2D eigenvalue weighted by molar-refractivity contribution is 0.388. The van der Waals surface area contributed by atoms with Gasteiger partial charge in [0.1, 0.15) is 45.7 Å². The number of nitrogens with zero attached hydrogens (tertiary/aromatic N) is 4. The van der Waals surface area contributed by atoms with Crippen LogP contribution in [0.25, 0.3) is 33.8 Å². The summed E-state index contributed by atoms with van der Waals surface area (Å²) in [4.78, 5) is 31.9. The second-order valence-corrected chi connectivity index (χ2v) is 10.7. The number of aromatic nitrogens is 5. The van der Waals surface area contributed by atoms with Gasteiger partial charge in [-0.05, 0) is 49.8 Å². The Morgan fingerprint density at radius 2 is 1.95 bits per heavy atom. The van der Waals surface area contributed by atoms with Gasteiger partial charge in [-0.15, -0.1) is 0 Å². The Bertz CT molecular complexity index is 1800. The van der Waals surface area contributed by atoms with E-state index in [4.69, 9.17) is 16.0 Å². The lowest BCUT2D eigenvalue weighted by atomic mass is 9.49. The number of hydrogen-bond acceptors (Lipinski definition) is 8. The van der Waals surface area contributed by atoms with Crippen molar-refractivity contribution < 1.29 is 8.94 Å². The molecule has 38 heavy (non-hydrogen) atoms. The van der Waals surface area contributed by atoms with Gasteiger partial charge in [0.05, 0.1) is 28.9 Å². The molecule has 4 aromatic heterocycles. The van der Waals surface area contributed by atoms with Gasteiger partial charge < -0.3 is 9.73 Å². The number of aromatic amines is 1. The summed E-state index contributed by atoms with van der Waals surface area (Å²) in [5, 5.41) is 12.1. The summed E-state index contributed by atoms with van der Waals surface area (Å²) in [6, 6.07) is 6.83. The summed E-state index contributed by atoms with van der Waals surface area (Å²) in [5.74, 6) is -0.0872. The molecule has 0 saturated heterocycles. The molecule has 14 heteroatoms. The molecule has 1 aromatic carbocycles. The van der Waals surface area contributed by atoms with E-state index in [1.54, 1.807) is 25.3 Å². The van der Waals surface area contributed by atoms with E-state index < -0.39 is 5.76 Å². The average molecular weight is 528 g/mol. The Morgan fingerprint density at radius 1 is 1.18 bits per heavy atom. The van der Waals surface area contributed by atoms with Crippen molar-refractivity contribution in [2.75, 3.05) is 5.32 Å². The summed E-state index contributed by atoms with van der Waals surface area (Å²) >= 11 is 6.12. The fourth-order valence-corrected chi connectivity index (χ4v) is 4.49. The minimum absolute atomic E-state index is 0.101. The first-order chi connectivity index (χ1) is 17.9. The maximum absolute atomic E-state index is 13.5. The van der Waals surface area contributed by atoms with E-state index in [9.17, 15) is 9.59 Å². The standard InChI is InChI=1S/C24H24B3ClN6O4/c1-10-6-14(12(3)30-16-4-5-17(28)31-18(16)22-32-23(36)38-33-22)21-15(7-10)19(35)11(2)20(37-21)13-8-29-34(9-13)24(25,26)27/h4-9,12,30H,25-27H2,1-3H3,(H,32,33,36)/t12-/m1/s1. The number of hydrogen-bond donors (Lipinski definition) is 2. The van der Waals surface area contributed by atoms with Crippen LogP contribution in [0.4, 0.5) is 5.69 Å². The fraction of sp³-hybridized carbons (Fsp3) is 0.208. The van der Waals surface area contributed by atoms with E-state index >= 15 is 0 Å². The summed E-state index contributed by atoms with van der Waals surface area (Å²) in [6.45, 7) is 5.64. The maximum Gasteiger partial charge on any atom is 0.439 e. The van der Waals surface area contributed by atoms with Gasteiger partial charge in [0.15, 0.2) is 5.43 Å². The molecular weight excluding hydrogens is 504 g/mol. The Morgan fingerprint density at radius 3 is 2.61 bits per heavy atom. The van der Waals surface area contributed by atoms with Gasteiger partial charge in [0, 0.05) is 17.3 Å². The van der Waals surface area contributed by atoms with Gasteiger partial charge in [0.2, 0.25) is 5.82 Å². The maximum atomic E-state index is 13.5. The highest BCUT2D eigenvalue weighted by molar-refractivity contribution is 6.56.